The van der Waals surface area contributed by atoms with Crippen LogP contribution in [0.15, 0.2) is 48.7 Å². The first-order valence-corrected chi connectivity index (χ1v) is 6.58. The van der Waals surface area contributed by atoms with E-state index < -0.39 is 0 Å². The molecule has 0 aliphatic carbocycles. The number of aromatic nitrogens is 2. The van der Waals surface area contributed by atoms with Gasteiger partial charge in [-0.05, 0) is 42.0 Å². The molecule has 0 fully saturated rings. The van der Waals surface area contributed by atoms with Gasteiger partial charge in [0.2, 0.25) is 12.8 Å². The lowest BCUT2D eigenvalue weighted by Crippen LogP contribution is -1.97. The van der Waals surface area contributed by atoms with Gasteiger partial charge in [0.15, 0.2) is 0 Å². The summed E-state index contributed by atoms with van der Waals surface area (Å²) in [5.41, 5.74) is 2.73. The molecule has 0 saturated heterocycles. The molecule has 0 bridgehead atoms. The highest BCUT2D eigenvalue weighted by molar-refractivity contribution is 5.86. The Labute approximate surface area is 126 Å². The van der Waals surface area contributed by atoms with Gasteiger partial charge in [0, 0.05) is 17.1 Å². The smallest absolute Gasteiger partial charge is 0.212 e. The number of benzene rings is 1. The zero-order chi connectivity index (χ0) is 15.4. The summed E-state index contributed by atoms with van der Waals surface area (Å²) < 4.78 is 0. The van der Waals surface area contributed by atoms with Gasteiger partial charge in [-0.2, -0.15) is 0 Å². The molecule has 0 radical (unpaired) electrons. The van der Waals surface area contributed by atoms with Crippen LogP contribution in [0.4, 0.5) is 11.6 Å². The molecule has 0 saturated carbocycles. The molecule has 2 N–H and O–H groups in total. The predicted molar refractivity (Wildman–Crippen MR) is 84.3 cm³/mol. The predicted octanol–water partition coefficient (Wildman–Crippen LogP) is 2.43. The first-order chi connectivity index (χ1) is 10.8. The molecule has 6 heteroatoms. The number of pyridine rings is 2. The molecule has 2 aromatic heterocycles. The Bertz CT molecular complexity index is 831. The number of nitrogens with zero attached hydrogens (tertiary/aromatic N) is 2. The van der Waals surface area contributed by atoms with Crippen LogP contribution in [0.3, 0.4) is 0 Å². The summed E-state index contributed by atoms with van der Waals surface area (Å²) in [5.74, 6) is 1.02. The van der Waals surface area contributed by atoms with Gasteiger partial charge >= 0.3 is 0 Å². The van der Waals surface area contributed by atoms with Gasteiger partial charge in [-0.3, -0.25) is 9.59 Å². The molecular formula is C16H12N4O2. The minimum atomic E-state index is 0.505. The van der Waals surface area contributed by atoms with Crippen molar-refractivity contribution in [3.05, 3.63) is 48.7 Å². The highest BCUT2D eigenvalue weighted by Crippen LogP contribution is 2.24. The van der Waals surface area contributed by atoms with E-state index in [-0.39, 0.29) is 0 Å². The van der Waals surface area contributed by atoms with Crippen molar-refractivity contribution in [1.29, 1.82) is 0 Å². The zero-order valence-corrected chi connectivity index (χ0v) is 11.5. The van der Waals surface area contributed by atoms with Crippen LogP contribution >= 0.6 is 0 Å². The Morgan fingerprint density at radius 3 is 2.27 bits per heavy atom. The second-order valence-electron chi connectivity index (χ2n) is 4.56. The summed E-state index contributed by atoms with van der Waals surface area (Å²) in [6.45, 7) is 0. The molecule has 0 aliphatic heterocycles. The number of carbonyl (C=O) groups is 2. The largest absolute Gasteiger partial charge is 0.313 e. The van der Waals surface area contributed by atoms with Gasteiger partial charge in [-0.1, -0.05) is 6.07 Å². The second-order valence-corrected chi connectivity index (χ2v) is 4.56. The van der Waals surface area contributed by atoms with Crippen LogP contribution in [0.2, 0.25) is 0 Å². The summed E-state index contributed by atoms with van der Waals surface area (Å²) in [5, 5.41) is 5.99. The molecule has 1 aromatic carbocycles. The van der Waals surface area contributed by atoms with Crippen LogP contribution in [0, 0.1) is 0 Å². The highest BCUT2D eigenvalue weighted by Gasteiger charge is 2.03. The van der Waals surface area contributed by atoms with E-state index in [9.17, 15) is 9.59 Å². The number of hydrogen-bond acceptors (Lipinski definition) is 4. The lowest BCUT2D eigenvalue weighted by atomic mass is 10.0. The monoisotopic (exact) mass is 292 g/mol. The van der Waals surface area contributed by atoms with Gasteiger partial charge in [-0.15, -0.1) is 0 Å². The van der Waals surface area contributed by atoms with E-state index >= 15 is 0 Å². The van der Waals surface area contributed by atoms with Crippen LogP contribution in [0.25, 0.3) is 22.0 Å². The molecule has 0 atom stereocenters. The second kappa shape index (κ2) is 6.01. The lowest BCUT2D eigenvalue weighted by molar-refractivity contribution is -0.106. The lowest BCUT2D eigenvalue weighted by Gasteiger charge is -2.06. The number of nitrogens with one attached hydrogen (secondary N) is 2. The minimum absolute atomic E-state index is 0.505. The van der Waals surface area contributed by atoms with Gasteiger partial charge in [0.25, 0.3) is 0 Å². The van der Waals surface area contributed by atoms with Crippen LogP contribution in [0.5, 0.6) is 0 Å². The maximum atomic E-state index is 10.4. The highest BCUT2D eigenvalue weighted by atomic mass is 16.1. The summed E-state index contributed by atoms with van der Waals surface area (Å²) in [7, 11) is 0. The Morgan fingerprint density at radius 1 is 0.818 bits per heavy atom. The van der Waals surface area contributed by atoms with Crippen molar-refractivity contribution < 1.29 is 9.59 Å². The maximum Gasteiger partial charge on any atom is 0.212 e. The van der Waals surface area contributed by atoms with Crippen molar-refractivity contribution in [2.45, 2.75) is 0 Å². The van der Waals surface area contributed by atoms with Crippen molar-refractivity contribution in [1.82, 2.24) is 9.97 Å². The van der Waals surface area contributed by atoms with Crippen LogP contribution in [-0.2, 0) is 9.59 Å². The number of rotatable bonds is 5. The molecule has 2 heterocycles. The third-order valence-electron chi connectivity index (χ3n) is 3.20. The van der Waals surface area contributed by atoms with E-state index in [2.05, 4.69) is 20.6 Å². The number of carbonyl (C=O) groups excluding carboxylic acids is 2. The minimum Gasteiger partial charge on any atom is -0.313 e. The van der Waals surface area contributed by atoms with Crippen molar-refractivity contribution in [3.63, 3.8) is 0 Å². The molecule has 0 unspecified atom stereocenters. The molecule has 3 aromatic rings. The molecular weight excluding hydrogens is 280 g/mol. The van der Waals surface area contributed by atoms with Crippen molar-refractivity contribution in [2.75, 3.05) is 10.6 Å². The fourth-order valence-corrected chi connectivity index (χ4v) is 2.16. The van der Waals surface area contributed by atoms with Crippen molar-refractivity contribution in [2.24, 2.45) is 0 Å². The van der Waals surface area contributed by atoms with E-state index in [4.69, 9.17) is 0 Å². The van der Waals surface area contributed by atoms with Gasteiger partial charge in [0.05, 0.1) is 5.52 Å². The number of anilines is 2. The molecule has 0 aliphatic rings. The van der Waals surface area contributed by atoms with E-state index in [1.807, 2.05) is 30.3 Å². The Balaban J connectivity index is 1.95. The number of fused-ring (bicyclic) bond motifs is 1. The Hall–Kier alpha value is -3.28. The molecule has 3 rings (SSSR count). The van der Waals surface area contributed by atoms with E-state index in [0.717, 1.165) is 22.0 Å². The van der Waals surface area contributed by atoms with Crippen LogP contribution < -0.4 is 10.6 Å². The summed E-state index contributed by atoms with van der Waals surface area (Å²) >= 11 is 0. The van der Waals surface area contributed by atoms with E-state index in [1.165, 1.54) is 0 Å². The molecule has 2 amide bonds. The molecule has 0 spiro atoms. The SMILES string of the molecule is O=CNc1ccc(-c2ccc3nc(NC=O)ccc3c2)cn1. The summed E-state index contributed by atoms with van der Waals surface area (Å²) in [4.78, 5) is 29.3. The normalized spacial score (nSPS) is 10.2. The molecule has 22 heavy (non-hydrogen) atoms. The topological polar surface area (TPSA) is 84.0 Å². The van der Waals surface area contributed by atoms with E-state index in [0.29, 0.717) is 24.5 Å². The zero-order valence-electron chi connectivity index (χ0n) is 11.5. The number of amides is 2. The van der Waals surface area contributed by atoms with Crippen molar-refractivity contribution >= 4 is 35.4 Å². The van der Waals surface area contributed by atoms with Gasteiger partial charge in [-0.25, -0.2) is 9.97 Å². The fourth-order valence-electron chi connectivity index (χ4n) is 2.16. The Kier molecular flexibility index (Phi) is 3.74. The van der Waals surface area contributed by atoms with Gasteiger partial charge < -0.3 is 10.6 Å². The Morgan fingerprint density at radius 2 is 1.55 bits per heavy atom. The molecule has 6 nitrogen and oxygen atoms in total. The summed E-state index contributed by atoms with van der Waals surface area (Å²) in [6, 6.07) is 13.1. The first kappa shape index (κ1) is 13.7. The quantitative estimate of drug-likeness (QED) is 0.707. The van der Waals surface area contributed by atoms with Crippen molar-refractivity contribution in [3.8, 4) is 11.1 Å². The fraction of sp³-hybridized carbons (Fsp3) is 0. The third-order valence-corrected chi connectivity index (χ3v) is 3.20. The van der Waals surface area contributed by atoms with Gasteiger partial charge in [0.1, 0.15) is 11.6 Å². The number of hydrogen-bond donors (Lipinski definition) is 2. The first-order valence-electron chi connectivity index (χ1n) is 6.58. The summed E-state index contributed by atoms with van der Waals surface area (Å²) in [6.07, 6.45) is 2.89. The van der Waals surface area contributed by atoms with E-state index in [1.54, 1.807) is 18.3 Å². The molecule has 108 valence electrons. The standard InChI is InChI=1S/C16H12N4O2/c21-9-18-15-5-3-13(8-17-15)11-1-4-14-12(7-11)2-6-16(20-14)19-10-22/h1-10H,(H,17,18,21)(H,19,20,22). The average molecular weight is 292 g/mol. The third kappa shape index (κ3) is 2.76. The van der Waals surface area contributed by atoms with Crippen LogP contribution in [0.1, 0.15) is 0 Å². The maximum absolute atomic E-state index is 10.4. The average Bonchev–Trinajstić information content (AvgIpc) is 2.56. The van der Waals surface area contributed by atoms with Crippen LogP contribution in [-0.4, -0.2) is 22.8 Å².